The third-order valence-electron chi connectivity index (χ3n) is 2.95. The second kappa shape index (κ2) is 7.87. The predicted molar refractivity (Wildman–Crippen MR) is 70.1 cm³/mol. The molecule has 1 amide bonds. The fraction of sp³-hybridized carbons (Fsp3) is 0.692. The van der Waals surface area contributed by atoms with Gasteiger partial charge in [-0.05, 0) is 6.42 Å². The summed E-state index contributed by atoms with van der Waals surface area (Å²) < 4.78 is 1.71. The first-order valence-corrected chi connectivity index (χ1v) is 6.63. The fourth-order valence-electron chi connectivity index (χ4n) is 1.91. The molecular formula is C13H23N3O2. The summed E-state index contributed by atoms with van der Waals surface area (Å²) in [5.41, 5.74) is 5.35. The van der Waals surface area contributed by atoms with Crippen LogP contribution in [0.15, 0.2) is 12.5 Å². The number of primary amides is 1. The third kappa shape index (κ3) is 5.31. The van der Waals surface area contributed by atoms with Crippen molar-refractivity contribution in [3.8, 4) is 0 Å². The Bertz CT molecular complexity index is 363. The van der Waals surface area contributed by atoms with E-state index in [-0.39, 0.29) is 11.8 Å². The molecule has 0 aliphatic heterocycles. The number of aliphatic hydroxyl groups is 1. The van der Waals surface area contributed by atoms with Crippen LogP contribution in [-0.2, 0) is 6.54 Å². The Morgan fingerprint density at radius 3 is 2.78 bits per heavy atom. The van der Waals surface area contributed by atoms with Gasteiger partial charge in [-0.1, -0.05) is 39.0 Å². The largest absolute Gasteiger partial charge is 0.391 e. The van der Waals surface area contributed by atoms with Crippen LogP contribution >= 0.6 is 0 Å². The number of imidazole rings is 1. The van der Waals surface area contributed by atoms with Crippen LogP contribution in [-0.4, -0.2) is 26.7 Å². The van der Waals surface area contributed by atoms with Crippen LogP contribution < -0.4 is 5.73 Å². The molecule has 0 aliphatic carbocycles. The first kappa shape index (κ1) is 14.7. The lowest BCUT2D eigenvalue weighted by atomic mass is 10.1. The van der Waals surface area contributed by atoms with Crippen molar-refractivity contribution in [2.24, 2.45) is 5.73 Å². The van der Waals surface area contributed by atoms with Gasteiger partial charge in [-0.3, -0.25) is 4.79 Å². The first-order chi connectivity index (χ1) is 8.63. The highest BCUT2D eigenvalue weighted by molar-refractivity contribution is 5.90. The maximum Gasteiger partial charge on any atom is 0.268 e. The van der Waals surface area contributed by atoms with E-state index in [4.69, 9.17) is 5.73 Å². The van der Waals surface area contributed by atoms with E-state index >= 15 is 0 Å². The quantitative estimate of drug-likeness (QED) is 0.657. The minimum atomic E-state index is -0.539. The Labute approximate surface area is 108 Å². The molecule has 1 rings (SSSR count). The van der Waals surface area contributed by atoms with E-state index in [0.717, 1.165) is 12.8 Å². The molecule has 1 unspecified atom stereocenters. The maximum atomic E-state index is 10.9. The average Bonchev–Trinajstić information content (AvgIpc) is 2.77. The van der Waals surface area contributed by atoms with Crippen LogP contribution in [0, 0.1) is 0 Å². The normalized spacial score (nSPS) is 12.6. The van der Waals surface area contributed by atoms with E-state index < -0.39 is 5.91 Å². The molecule has 0 spiro atoms. The topological polar surface area (TPSA) is 81.1 Å². The molecule has 0 aromatic carbocycles. The Kier molecular flexibility index (Phi) is 6.43. The summed E-state index contributed by atoms with van der Waals surface area (Å²) in [6.07, 6.45) is 9.44. The number of carbonyl (C=O) groups excluding carboxylic acids is 1. The van der Waals surface area contributed by atoms with Crippen LogP contribution in [0.25, 0.3) is 0 Å². The van der Waals surface area contributed by atoms with Gasteiger partial charge in [-0.25, -0.2) is 4.98 Å². The number of hydrogen-bond donors (Lipinski definition) is 2. The van der Waals surface area contributed by atoms with E-state index in [9.17, 15) is 9.90 Å². The molecule has 1 aromatic heterocycles. The van der Waals surface area contributed by atoms with Crippen molar-refractivity contribution in [1.29, 1.82) is 0 Å². The Balaban J connectivity index is 2.22. The Hall–Kier alpha value is -1.36. The van der Waals surface area contributed by atoms with Gasteiger partial charge in [0.25, 0.3) is 5.91 Å². The number of nitrogens with zero attached hydrogens (tertiary/aromatic N) is 2. The highest BCUT2D eigenvalue weighted by Gasteiger charge is 2.08. The zero-order valence-electron chi connectivity index (χ0n) is 11.0. The molecule has 0 radical (unpaired) electrons. The van der Waals surface area contributed by atoms with Gasteiger partial charge < -0.3 is 15.4 Å². The van der Waals surface area contributed by atoms with E-state index in [1.165, 1.54) is 32.0 Å². The zero-order valence-corrected chi connectivity index (χ0v) is 11.0. The standard InChI is InChI=1S/C13H23N3O2/c1-2-3-4-5-6-7-11(17)8-16-9-12(13(14)18)15-10-16/h9-11,17H,2-8H2,1H3,(H2,14,18). The number of rotatable bonds is 9. The van der Waals surface area contributed by atoms with Crippen LogP contribution in [0.2, 0.25) is 0 Å². The molecule has 0 aliphatic rings. The van der Waals surface area contributed by atoms with Crippen LogP contribution in [0.3, 0.4) is 0 Å². The first-order valence-electron chi connectivity index (χ1n) is 6.63. The Morgan fingerprint density at radius 1 is 1.44 bits per heavy atom. The lowest BCUT2D eigenvalue weighted by Gasteiger charge is -2.10. The SMILES string of the molecule is CCCCCCCC(O)Cn1cnc(C(N)=O)c1. The van der Waals surface area contributed by atoms with Gasteiger partial charge in [0.1, 0.15) is 5.69 Å². The molecule has 3 N–H and O–H groups in total. The smallest absolute Gasteiger partial charge is 0.268 e. The van der Waals surface area contributed by atoms with Crippen LogP contribution in [0.4, 0.5) is 0 Å². The van der Waals surface area contributed by atoms with Gasteiger partial charge in [0.2, 0.25) is 0 Å². The number of nitrogens with two attached hydrogens (primary N) is 1. The molecule has 1 atom stereocenters. The minimum absolute atomic E-state index is 0.241. The van der Waals surface area contributed by atoms with Gasteiger partial charge in [-0.2, -0.15) is 0 Å². The van der Waals surface area contributed by atoms with Crippen molar-refractivity contribution in [1.82, 2.24) is 9.55 Å². The lowest BCUT2D eigenvalue weighted by Crippen LogP contribution is -2.15. The van der Waals surface area contributed by atoms with Crippen molar-refractivity contribution < 1.29 is 9.90 Å². The van der Waals surface area contributed by atoms with Crippen molar-refractivity contribution >= 4 is 5.91 Å². The molecule has 1 aromatic rings. The van der Waals surface area contributed by atoms with Gasteiger partial charge in [0.15, 0.2) is 0 Å². The zero-order chi connectivity index (χ0) is 13.4. The predicted octanol–water partition coefficient (Wildman–Crippen LogP) is 1.70. The monoisotopic (exact) mass is 253 g/mol. The third-order valence-corrected chi connectivity index (χ3v) is 2.95. The van der Waals surface area contributed by atoms with Gasteiger partial charge in [0.05, 0.1) is 12.4 Å². The van der Waals surface area contributed by atoms with Crippen molar-refractivity contribution in [3.05, 3.63) is 18.2 Å². The van der Waals surface area contributed by atoms with Gasteiger partial charge in [-0.15, -0.1) is 0 Å². The van der Waals surface area contributed by atoms with Crippen molar-refractivity contribution in [3.63, 3.8) is 0 Å². The second-order valence-electron chi connectivity index (χ2n) is 4.68. The van der Waals surface area contributed by atoms with Gasteiger partial charge in [0, 0.05) is 12.7 Å². The number of aromatic nitrogens is 2. The number of aliphatic hydroxyl groups excluding tert-OH is 1. The average molecular weight is 253 g/mol. The number of hydrogen-bond acceptors (Lipinski definition) is 3. The van der Waals surface area contributed by atoms with E-state index in [1.807, 2.05) is 0 Å². The summed E-state index contributed by atoms with van der Waals surface area (Å²) >= 11 is 0. The molecule has 1 heterocycles. The molecule has 5 heteroatoms. The molecule has 0 saturated carbocycles. The number of unbranched alkanes of at least 4 members (excludes halogenated alkanes) is 4. The molecule has 0 bridgehead atoms. The maximum absolute atomic E-state index is 10.9. The second-order valence-corrected chi connectivity index (χ2v) is 4.68. The highest BCUT2D eigenvalue weighted by atomic mass is 16.3. The molecular weight excluding hydrogens is 230 g/mol. The highest BCUT2D eigenvalue weighted by Crippen LogP contribution is 2.09. The van der Waals surface area contributed by atoms with Crippen molar-refractivity contribution in [2.45, 2.75) is 58.1 Å². The van der Waals surface area contributed by atoms with Crippen molar-refractivity contribution in [2.75, 3.05) is 0 Å². The number of carbonyl (C=O) groups is 1. The van der Waals surface area contributed by atoms with E-state index in [0.29, 0.717) is 6.54 Å². The summed E-state index contributed by atoms with van der Waals surface area (Å²) in [4.78, 5) is 14.7. The molecule has 0 saturated heterocycles. The summed E-state index contributed by atoms with van der Waals surface area (Å²) in [7, 11) is 0. The van der Waals surface area contributed by atoms with Crippen LogP contribution in [0.5, 0.6) is 0 Å². The fourth-order valence-corrected chi connectivity index (χ4v) is 1.91. The summed E-state index contributed by atoms with van der Waals surface area (Å²) in [6.45, 7) is 2.65. The lowest BCUT2D eigenvalue weighted by molar-refractivity contribution is 0.0995. The number of amides is 1. The molecule has 102 valence electrons. The summed E-state index contributed by atoms with van der Waals surface area (Å²) in [5.74, 6) is -0.539. The van der Waals surface area contributed by atoms with Crippen LogP contribution in [0.1, 0.15) is 55.9 Å². The minimum Gasteiger partial charge on any atom is -0.391 e. The Morgan fingerprint density at radius 2 is 2.17 bits per heavy atom. The molecule has 18 heavy (non-hydrogen) atoms. The molecule has 0 fully saturated rings. The summed E-state index contributed by atoms with van der Waals surface area (Å²) in [5, 5.41) is 9.84. The van der Waals surface area contributed by atoms with E-state index in [1.54, 1.807) is 10.8 Å². The molecule has 5 nitrogen and oxygen atoms in total. The van der Waals surface area contributed by atoms with E-state index in [2.05, 4.69) is 11.9 Å². The summed E-state index contributed by atoms with van der Waals surface area (Å²) in [6, 6.07) is 0. The van der Waals surface area contributed by atoms with Gasteiger partial charge >= 0.3 is 0 Å².